The highest BCUT2D eigenvalue weighted by Crippen LogP contribution is 2.33. The number of imidazole rings is 1. The first kappa shape index (κ1) is 23.1. The predicted octanol–water partition coefficient (Wildman–Crippen LogP) is -0.240. The maximum Gasteiger partial charge on any atom is 0.220 e. The van der Waals surface area contributed by atoms with Crippen molar-refractivity contribution in [2.24, 2.45) is 5.73 Å². The number of benzene rings is 1. The lowest BCUT2D eigenvalue weighted by Gasteiger charge is -2.16. The van der Waals surface area contributed by atoms with Crippen LogP contribution in [0.15, 0.2) is 30.6 Å². The standard InChI is InChI=1S/C22H21N7O5/c1-33-28-20-17-21(27-16(26-20)7-6-12-2-4-13(5-3-12)8-9-23)29(11-25-17)22-19(32)18(31)14(34-22)10-15(24)30/h2-5,11,14,18-19,22,31-32H,8,10H2,1H3,(H2,24,30)(H,26,27,28)/t14-,18+,19+,22+/m0/s1. The minimum atomic E-state index is -1.35. The van der Waals surface area contributed by atoms with Gasteiger partial charge in [-0.1, -0.05) is 18.1 Å². The number of hydrogen-bond acceptors (Lipinski definition) is 10. The van der Waals surface area contributed by atoms with Crippen LogP contribution in [0.4, 0.5) is 5.82 Å². The van der Waals surface area contributed by atoms with E-state index in [4.69, 9.17) is 20.6 Å². The summed E-state index contributed by atoms with van der Waals surface area (Å²) in [6.45, 7) is 0. The highest BCUT2D eigenvalue weighted by atomic mass is 16.6. The Balaban J connectivity index is 1.70. The van der Waals surface area contributed by atoms with E-state index in [0.717, 1.165) is 5.56 Å². The summed E-state index contributed by atoms with van der Waals surface area (Å²) in [5, 5.41) is 29.6. The Kier molecular flexibility index (Phi) is 6.67. The average Bonchev–Trinajstić information content (AvgIpc) is 3.35. The number of primary amides is 1. The minimum absolute atomic E-state index is 0.136. The van der Waals surface area contributed by atoms with Crippen molar-refractivity contribution in [2.75, 3.05) is 12.6 Å². The van der Waals surface area contributed by atoms with Crippen molar-refractivity contribution < 1.29 is 24.6 Å². The van der Waals surface area contributed by atoms with E-state index in [1.807, 2.05) is 12.1 Å². The fourth-order valence-electron chi connectivity index (χ4n) is 3.58. The summed E-state index contributed by atoms with van der Waals surface area (Å²) in [5.41, 5.74) is 10.0. The van der Waals surface area contributed by atoms with Crippen LogP contribution < -0.4 is 11.2 Å². The van der Waals surface area contributed by atoms with Crippen LogP contribution in [-0.4, -0.2) is 61.1 Å². The number of aromatic nitrogens is 4. The second-order valence-corrected chi connectivity index (χ2v) is 7.52. The number of carbonyl (C=O) groups excluding carboxylic acids is 1. The van der Waals surface area contributed by atoms with Gasteiger partial charge in [0.2, 0.25) is 11.7 Å². The van der Waals surface area contributed by atoms with Gasteiger partial charge in [0, 0.05) is 5.56 Å². The fraction of sp³-hybridized carbons (Fsp3) is 0.318. The molecule has 0 aliphatic carbocycles. The van der Waals surface area contributed by atoms with E-state index in [0.29, 0.717) is 17.5 Å². The van der Waals surface area contributed by atoms with Gasteiger partial charge in [0.25, 0.3) is 0 Å². The summed E-state index contributed by atoms with van der Waals surface area (Å²) < 4.78 is 7.13. The molecule has 3 heterocycles. The number of anilines is 1. The first-order chi connectivity index (χ1) is 16.4. The van der Waals surface area contributed by atoms with Crippen LogP contribution in [0.5, 0.6) is 0 Å². The summed E-state index contributed by atoms with van der Waals surface area (Å²) in [6, 6.07) is 9.31. The Hall–Kier alpha value is -4.07. The van der Waals surface area contributed by atoms with Crippen molar-refractivity contribution in [2.45, 2.75) is 37.4 Å². The molecule has 0 spiro atoms. The van der Waals surface area contributed by atoms with Gasteiger partial charge in [-0.25, -0.2) is 15.4 Å². The largest absolute Gasteiger partial charge is 0.388 e. The number of aliphatic hydroxyl groups excluding tert-OH is 2. The Labute approximate surface area is 193 Å². The van der Waals surface area contributed by atoms with Gasteiger partial charge in [-0.05, 0) is 23.6 Å². The van der Waals surface area contributed by atoms with Crippen LogP contribution in [0, 0.1) is 23.2 Å². The molecule has 1 saturated heterocycles. The third kappa shape index (κ3) is 4.66. The molecule has 0 radical (unpaired) electrons. The number of amides is 1. The zero-order chi connectivity index (χ0) is 24.2. The van der Waals surface area contributed by atoms with Gasteiger partial charge in [0.1, 0.15) is 12.2 Å². The molecule has 174 valence electrons. The molecule has 12 heteroatoms. The molecule has 4 atom stereocenters. The lowest BCUT2D eigenvalue weighted by molar-refractivity contribution is -0.122. The molecule has 1 aliphatic rings. The van der Waals surface area contributed by atoms with E-state index in [-0.39, 0.29) is 23.7 Å². The number of nitrogens with one attached hydrogen (secondary N) is 1. The molecule has 4 rings (SSSR count). The minimum Gasteiger partial charge on any atom is -0.388 e. The molecule has 1 fully saturated rings. The van der Waals surface area contributed by atoms with Crippen molar-refractivity contribution in [3.63, 3.8) is 0 Å². The quantitative estimate of drug-likeness (QED) is 0.281. The summed E-state index contributed by atoms with van der Waals surface area (Å²) in [5.74, 6) is 5.55. The second-order valence-electron chi connectivity index (χ2n) is 7.52. The van der Waals surface area contributed by atoms with Crippen LogP contribution in [0.1, 0.15) is 29.6 Å². The van der Waals surface area contributed by atoms with Crippen LogP contribution in [0.3, 0.4) is 0 Å². The lowest BCUT2D eigenvalue weighted by Crippen LogP contribution is -2.33. The van der Waals surface area contributed by atoms with Crippen molar-refractivity contribution in [3.05, 3.63) is 47.5 Å². The van der Waals surface area contributed by atoms with Gasteiger partial charge in [-0.15, -0.1) is 0 Å². The van der Waals surface area contributed by atoms with Gasteiger partial charge in [0.05, 0.1) is 38.5 Å². The SMILES string of the molecule is CONc1nc(C#Cc2ccc(CC#N)cc2)nc2c1ncn2[C@@H]1O[C@@H](CC(N)=O)[C@@H](O)[C@H]1O. The third-order valence-electron chi connectivity index (χ3n) is 5.19. The molecule has 34 heavy (non-hydrogen) atoms. The van der Waals surface area contributed by atoms with Gasteiger partial charge in [0.15, 0.2) is 23.2 Å². The predicted molar refractivity (Wildman–Crippen MR) is 117 cm³/mol. The number of nitrogens with zero attached hydrogens (tertiary/aromatic N) is 5. The summed E-state index contributed by atoms with van der Waals surface area (Å²) >= 11 is 0. The molecule has 2 aromatic heterocycles. The number of rotatable bonds is 6. The van der Waals surface area contributed by atoms with Crippen LogP contribution >= 0.6 is 0 Å². The second kappa shape index (κ2) is 9.82. The maximum absolute atomic E-state index is 11.3. The number of nitriles is 1. The summed E-state index contributed by atoms with van der Waals surface area (Å²) in [7, 11) is 1.41. The molecule has 12 nitrogen and oxygen atoms in total. The van der Waals surface area contributed by atoms with Gasteiger partial charge in [-0.3, -0.25) is 14.2 Å². The van der Waals surface area contributed by atoms with Crippen molar-refractivity contribution >= 4 is 22.9 Å². The first-order valence-corrected chi connectivity index (χ1v) is 10.2. The molecule has 1 aliphatic heterocycles. The highest BCUT2D eigenvalue weighted by molar-refractivity contribution is 5.83. The Morgan fingerprint density at radius 1 is 1.26 bits per heavy atom. The first-order valence-electron chi connectivity index (χ1n) is 10.2. The number of carbonyl (C=O) groups is 1. The lowest BCUT2D eigenvalue weighted by atomic mass is 10.1. The topological polar surface area (TPSA) is 181 Å². The van der Waals surface area contributed by atoms with E-state index >= 15 is 0 Å². The van der Waals surface area contributed by atoms with Crippen LogP contribution in [0.2, 0.25) is 0 Å². The van der Waals surface area contributed by atoms with E-state index < -0.39 is 30.4 Å². The fourth-order valence-corrected chi connectivity index (χ4v) is 3.58. The van der Waals surface area contributed by atoms with E-state index in [9.17, 15) is 15.0 Å². The third-order valence-corrected chi connectivity index (χ3v) is 5.19. The van der Waals surface area contributed by atoms with Crippen LogP contribution in [0.25, 0.3) is 11.2 Å². The molecule has 5 N–H and O–H groups in total. The highest BCUT2D eigenvalue weighted by Gasteiger charge is 2.44. The maximum atomic E-state index is 11.3. The number of fused-ring (bicyclic) bond motifs is 1. The molecule has 0 saturated carbocycles. The van der Waals surface area contributed by atoms with Crippen molar-refractivity contribution in [3.8, 4) is 17.9 Å². The zero-order valence-corrected chi connectivity index (χ0v) is 18.0. The average molecular weight is 463 g/mol. The smallest absolute Gasteiger partial charge is 0.220 e. The number of aliphatic hydroxyl groups is 2. The number of nitrogens with two attached hydrogens (primary N) is 1. The van der Waals surface area contributed by atoms with Gasteiger partial charge in [-0.2, -0.15) is 10.2 Å². The zero-order valence-electron chi connectivity index (χ0n) is 18.0. The number of hydrogen-bond donors (Lipinski definition) is 4. The molecular formula is C22H21N7O5. The van der Waals surface area contributed by atoms with Crippen molar-refractivity contribution in [1.82, 2.24) is 19.5 Å². The Morgan fingerprint density at radius 2 is 2.03 bits per heavy atom. The van der Waals surface area contributed by atoms with Crippen LogP contribution in [-0.2, 0) is 20.8 Å². The normalized spacial score (nSPS) is 21.6. The monoisotopic (exact) mass is 463 g/mol. The van der Waals surface area contributed by atoms with Gasteiger partial charge >= 0.3 is 0 Å². The Bertz CT molecular complexity index is 1310. The summed E-state index contributed by atoms with van der Waals surface area (Å²) in [6.07, 6.45) is -3.28. The van der Waals surface area contributed by atoms with E-state index in [1.165, 1.54) is 18.0 Å². The molecule has 1 amide bonds. The summed E-state index contributed by atoms with van der Waals surface area (Å²) in [4.78, 5) is 29.3. The number of ether oxygens (including phenoxy) is 1. The van der Waals surface area contributed by atoms with E-state index in [2.05, 4.69) is 38.3 Å². The molecular weight excluding hydrogens is 442 g/mol. The Morgan fingerprint density at radius 3 is 2.71 bits per heavy atom. The van der Waals surface area contributed by atoms with Gasteiger partial charge < -0.3 is 20.7 Å². The van der Waals surface area contributed by atoms with Crippen molar-refractivity contribution in [1.29, 1.82) is 5.26 Å². The molecule has 3 aromatic rings. The molecule has 0 unspecified atom stereocenters. The molecule has 1 aromatic carbocycles. The van der Waals surface area contributed by atoms with E-state index in [1.54, 1.807) is 12.1 Å². The molecule has 0 bridgehead atoms.